The van der Waals surface area contributed by atoms with Crippen molar-refractivity contribution < 1.29 is 9.47 Å². The van der Waals surface area contributed by atoms with Crippen molar-refractivity contribution in [2.24, 2.45) is 5.73 Å². The van der Waals surface area contributed by atoms with Crippen LogP contribution in [0.3, 0.4) is 0 Å². The Morgan fingerprint density at radius 2 is 1.93 bits per heavy atom. The van der Waals surface area contributed by atoms with E-state index < -0.39 is 0 Å². The van der Waals surface area contributed by atoms with Crippen LogP contribution in [0.25, 0.3) is 11.4 Å². The van der Waals surface area contributed by atoms with E-state index in [0.717, 1.165) is 35.1 Å². The predicted molar refractivity (Wildman–Crippen MR) is 119 cm³/mol. The summed E-state index contributed by atoms with van der Waals surface area (Å²) in [7, 11) is 0. The number of benzene rings is 1. The minimum atomic E-state index is -0.191. The summed E-state index contributed by atoms with van der Waals surface area (Å²) in [4.78, 5) is 12.4. The van der Waals surface area contributed by atoms with E-state index in [1.807, 2.05) is 0 Å². The Balaban J connectivity index is 1.85. The molecule has 0 bridgehead atoms. The first-order chi connectivity index (χ1) is 13.9. The third-order valence-corrected chi connectivity index (χ3v) is 6.99. The smallest absolute Gasteiger partial charge is 0.184 e. The number of anilines is 1. The van der Waals surface area contributed by atoms with Gasteiger partial charge in [0.25, 0.3) is 0 Å². The minimum Gasteiger partial charge on any atom is -0.486 e. The first-order valence-corrected chi connectivity index (χ1v) is 11.4. The molecule has 1 aromatic carbocycles. The van der Waals surface area contributed by atoms with Crippen LogP contribution in [0.2, 0.25) is 0 Å². The predicted octanol–water partition coefficient (Wildman–Crippen LogP) is 3.23. The number of hydrogen-bond acceptors (Lipinski definition) is 7. The van der Waals surface area contributed by atoms with Crippen LogP contribution in [-0.2, 0) is 15.9 Å². The van der Waals surface area contributed by atoms with Crippen LogP contribution >= 0.6 is 11.8 Å². The molecular weight excluding hydrogens is 384 g/mol. The summed E-state index contributed by atoms with van der Waals surface area (Å²) in [5, 5.41) is 0. The maximum Gasteiger partial charge on any atom is 0.184 e. The molecule has 2 aliphatic heterocycles. The first-order valence-electron chi connectivity index (χ1n) is 10.2. The normalized spacial score (nSPS) is 21.3. The molecule has 1 saturated heterocycles. The zero-order valence-electron chi connectivity index (χ0n) is 17.6. The second-order valence-electron chi connectivity index (χ2n) is 8.26. The average Bonchev–Trinajstić information content (AvgIpc) is 2.73. The van der Waals surface area contributed by atoms with E-state index in [4.69, 9.17) is 25.2 Å². The van der Waals surface area contributed by atoms with Crippen molar-refractivity contribution in [3.63, 3.8) is 0 Å². The van der Waals surface area contributed by atoms with Crippen LogP contribution < -0.4 is 15.4 Å². The molecule has 7 heteroatoms. The van der Waals surface area contributed by atoms with Crippen molar-refractivity contribution in [3.05, 3.63) is 35.5 Å². The lowest BCUT2D eigenvalue weighted by Gasteiger charge is -2.45. The van der Waals surface area contributed by atoms with Gasteiger partial charge in [0.15, 0.2) is 17.4 Å². The van der Waals surface area contributed by atoms with Crippen molar-refractivity contribution in [3.8, 4) is 17.1 Å². The molecule has 0 saturated carbocycles. The molecule has 0 aliphatic carbocycles. The first kappa shape index (κ1) is 20.4. The highest BCUT2D eigenvalue weighted by atomic mass is 32.2. The lowest BCUT2D eigenvalue weighted by Crippen LogP contribution is -2.56. The van der Waals surface area contributed by atoms with Gasteiger partial charge < -0.3 is 20.1 Å². The summed E-state index contributed by atoms with van der Waals surface area (Å²) in [5.74, 6) is 2.45. The summed E-state index contributed by atoms with van der Waals surface area (Å²) in [6.45, 7) is 9.17. The molecule has 2 atom stereocenters. The van der Waals surface area contributed by atoms with Crippen LogP contribution in [0.15, 0.2) is 24.3 Å². The number of morpholine rings is 1. The Bertz CT molecular complexity index is 872. The maximum absolute atomic E-state index is 6.23. The highest BCUT2D eigenvalue weighted by Gasteiger charge is 2.40. The van der Waals surface area contributed by atoms with Gasteiger partial charge >= 0.3 is 0 Å². The van der Waals surface area contributed by atoms with Gasteiger partial charge in [-0.15, -0.1) is 0 Å². The molecule has 6 nitrogen and oxygen atoms in total. The zero-order valence-corrected chi connectivity index (χ0v) is 18.5. The molecule has 2 aliphatic rings. The number of fused-ring (bicyclic) bond motifs is 3. The molecule has 0 spiro atoms. The Labute approximate surface area is 177 Å². The van der Waals surface area contributed by atoms with E-state index in [9.17, 15) is 0 Å². The van der Waals surface area contributed by atoms with Gasteiger partial charge in [0.1, 0.15) is 12.3 Å². The van der Waals surface area contributed by atoms with Gasteiger partial charge in [0.2, 0.25) is 0 Å². The largest absolute Gasteiger partial charge is 0.486 e. The molecule has 4 rings (SSSR count). The maximum atomic E-state index is 6.23. The Hall–Kier alpha value is -1.83. The topological polar surface area (TPSA) is 73.5 Å². The molecule has 1 fully saturated rings. The highest BCUT2D eigenvalue weighted by Crippen LogP contribution is 2.45. The fourth-order valence-electron chi connectivity index (χ4n) is 3.95. The summed E-state index contributed by atoms with van der Waals surface area (Å²) >= 11 is 1.77. The quantitative estimate of drug-likeness (QED) is 0.805. The van der Waals surface area contributed by atoms with Gasteiger partial charge in [0, 0.05) is 5.56 Å². The van der Waals surface area contributed by atoms with Crippen LogP contribution in [0.4, 0.5) is 5.82 Å². The Kier molecular flexibility index (Phi) is 5.73. The van der Waals surface area contributed by atoms with Gasteiger partial charge in [-0.3, -0.25) is 0 Å². The fourth-order valence-corrected chi connectivity index (χ4v) is 4.28. The van der Waals surface area contributed by atoms with Gasteiger partial charge in [-0.2, -0.15) is 11.8 Å². The van der Waals surface area contributed by atoms with Gasteiger partial charge in [-0.1, -0.05) is 24.3 Å². The lowest BCUT2D eigenvalue weighted by molar-refractivity contribution is 0.0482. The van der Waals surface area contributed by atoms with E-state index >= 15 is 0 Å². The molecule has 3 heterocycles. The summed E-state index contributed by atoms with van der Waals surface area (Å²) in [5.41, 5.74) is 8.87. The van der Waals surface area contributed by atoms with Crippen molar-refractivity contribution in [1.29, 1.82) is 0 Å². The third kappa shape index (κ3) is 3.83. The van der Waals surface area contributed by atoms with Crippen LogP contribution in [-0.4, -0.2) is 54.7 Å². The van der Waals surface area contributed by atoms with E-state index in [1.165, 1.54) is 5.56 Å². The molecule has 2 N–H and O–H groups in total. The molecule has 156 valence electrons. The number of nitrogens with zero attached hydrogens (tertiary/aromatic N) is 3. The van der Waals surface area contributed by atoms with E-state index in [1.54, 1.807) is 11.8 Å². The molecule has 2 aromatic rings. The van der Waals surface area contributed by atoms with Gasteiger partial charge in [0.05, 0.1) is 30.0 Å². The molecule has 0 amide bonds. The van der Waals surface area contributed by atoms with Crippen molar-refractivity contribution in [2.45, 2.75) is 44.0 Å². The number of hydrogen-bond donors (Lipinski definition) is 1. The third-order valence-electron chi connectivity index (χ3n) is 5.78. The average molecular weight is 415 g/mol. The monoisotopic (exact) mass is 414 g/mol. The van der Waals surface area contributed by atoms with Crippen molar-refractivity contribution in [2.75, 3.05) is 37.5 Å². The molecular formula is C22H30N4O2S. The standard InChI is InChI=1S/C22H30N4O2S/c1-14-11-27-12-17-13-28-18-19(22(2,3)29-4)24-20(25-21(18)26(14)17)16-7-5-15(6-8-16)9-10-23/h5-8,14,17H,9-13,23H2,1-4H3/t14-,17?/m1/s1. The molecule has 1 unspecified atom stereocenters. The second-order valence-corrected chi connectivity index (χ2v) is 9.69. The number of nitrogens with two attached hydrogens (primary N) is 1. The van der Waals surface area contributed by atoms with Crippen LogP contribution in [0.1, 0.15) is 32.0 Å². The molecule has 0 radical (unpaired) electrons. The number of aromatic nitrogens is 2. The highest BCUT2D eigenvalue weighted by molar-refractivity contribution is 7.99. The van der Waals surface area contributed by atoms with Crippen molar-refractivity contribution in [1.82, 2.24) is 9.97 Å². The molecule has 29 heavy (non-hydrogen) atoms. The van der Waals surface area contributed by atoms with Gasteiger partial charge in [-0.25, -0.2) is 9.97 Å². The summed E-state index contributed by atoms with van der Waals surface area (Å²) in [6.07, 6.45) is 2.98. The van der Waals surface area contributed by atoms with Crippen LogP contribution in [0, 0.1) is 0 Å². The second kappa shape index (κ2) is 8.13. The minimum absolute atomic E-state index is 0.186. The number of rotatable bonds is 5. The van der Waals surface area contributed by atoms with E-state index in [0.29, 0.717) is 26.4 Å². The summed E-state index contributed by atoms with van der Waals surface area (Å²) in [6, 6.07) is 8.84. The molecule has 1 aromatic heterocycles. The zero-order chi connectivity index (χ0) is 20.6. The Morgan fingerprint density at radius 3 is 2.62 bits per heavy atom. The summed E-state index contributed by atoms with van der Waals surface area (Å²) < 4.78 is 11.8. The van der Waals surface area contributed by atoms with Crippen LogP contribution in [0.5, 0.6) is 5.75 Å². The van der Waals surface area contributed by atoms with Crippen molar-refractivity contribution >= 4 is 17.6 Å². The van der Waals surface area contributed by atoms with E-state index in [-0.39, 0.29) is 16.8 Å². The Morgan fingerprint density at radius 1 is 1.17 bits per heavy atom. The SMILES string of the molecule is CSC(C)(C)c1nc(-c2ccc(CCN)cc2)nc2c1OCC1COC[C@@H](C)N21. The number of ether oxygens (including phenoxy) is 2. The lowest BCUT2D eigenvalue weighted by atomic mass is 10.0. The fraction of sp³-hybridized carbons (Fsp3) is 0.545. The van der Waals surface area contributed by atoms with Gasteiger partial charge in [-0.05, 0) is 45.6 Å². The van der Waals surface area contributed by atoms with E-state index in [2.05, 4.69) is 56.2 Å². The number of thioether (sulfide) groups is 1.